The van der Waals surface area contributed by atoms with E-state index in [1.54, 1.807) is 4.68 Å². The van der Waals surface area contributed by atoms with Gasteiger partial charge in [0.15, 0.2) is 5.76 Å². The molecule has 3 atom stereocenters. The number of furan rings is 1. The number of rotatable bonds is 3. The summed E-state index contributed by atoms with van der Waals surface area (Å²) in [7, 11) is 1.91. The Morgan fingerprint density at radius 2 is 2.12 bits per heavy atom. The van der Waals surface area contributed by atoms with Crippen molar-refractivity contribution in [1.82, 2.24) is 24.5 Å². The van der Waals surface area contributed by atoms with E-state index in [4.69, 9.17) is 14.5 Å². The number of nitrogens with zero attached hydrogens (tertiary/aromatic N) is 5. The van der Waals surface area contributed by atoms with Crippen molar-refractivity contribution in [2.75, 3.05) is 0 Å². The van der Waals surface area contributed by atoms with Crippen molar-refractivity contribution in [3.05, 3.63) is 48.3 Å². The summed E-state index contributed by atoms with van der Waals surface area (Å²) in [5.41, 5.74) is 0.946. The summed E-state index contributed by atoms with van der Waals surface area (Å²) in [6, 6.07) is 3.88. The first-order chi connectivity index (χ1) is 11.7. The van der Waals surface area contributed by atoms with E-state index in [1.165, 1.54) is 6.42 Å². The van der Waals surface area contributed by atoms with Crippen molar-refractivity contribution < 1.29 is 4.42 Å². The number of aromatic nitrogens is 5. The molecule has 3 heterocycles. The van der Waals surface area contributed by atoms with Crippen LogP contribution in [0.3, 0.4) is 0 Å². The first-order valence-electron chi connectivity index (χ1n) is 8.38. The Hall–Kier alpha value is -2.63. The molecule has 0 aromatic carbocycles. The van der Waals surface area contributed by atoms with Crippen molar-refractivity contribution >= 4 is 0 Å². The fourth-order valence-corrected chi connectivity index (χ4v) is 4.01. The zero-order chi connectivity index (χ0) is 16.3. The fraction of sp³-hybridized carbons (Fsp3) is 0.389. The van der Waals surface area contributed by atoms with E-state index in [9.17, 15) is 0 Å². The van der Waals surface area contributed by atoms with Gasteiger partial charge in [0.25, 0.3) is 0 Å². The van der Waals surface area contributed by atoms with Crippen LogP contribution < -0.4 is 0 Å². The largest absolute Gasteiger partial charge is 0.458 e. The third-order valence-corrected chi connectivity index (χ3v) is 5.14. The summed E-state index contributed by atoms with van der Waals surface area (Å²) >= 11 is 0. The van der Waals surface area contributed by atoms with Crippen LogP contribution in [0.15, 0.2) is 41.1 Å². The number of fused-ring (bicyclic) bond motifs is 2. The third kappa shape index (κ3) is 2.06. The first-order valence-corrected chi connectivity index (χ1v) is 8.38. The minimum absolute atomic E-state index is 0.414. The van der Waals surface area contributed by atoms with Crippen molar-refractivity contribution in [2.24, 2.45) is 18.9 Å². The zero-order valence-electron chi connectivity index (χ0n) is 13.8. The highest BCUT2D eigenvalue weighted by Crippen LogP contribution is 2.48. The number of allylic oxidation sites excluding steroid dienone is 2. The van der Waals surface area contributed by atoms with E-state index in [0.717, 1.165) is 29.5 Å². The second-order valence-electron chi connectivity index (χ2n) is 6.87. The van der Waals surface area contributed by atoms with Crippen LogP contribution in [0.25, 0.3) is 17.3 Å². The number of aryl methyl sites for hydroxylation is 2. The SMILES string of the molecule is Cc1ccc(-c2nc(C3C[C@@H]4C=C[C@H]3C4)n(-c3cnn(C)c3)n2)o1. The summed E-state index contributed by atoms with van der Waals surface area (Å²) in [5.74, 6) is 4.92. The molecule has 3 aromatic heterocycles. The Kier molecular flexibility index (Phi) is 2.83. The number of hydrogen-bond acceptors (Lipinski definition) is 4. The quantitative estimate of drug-likeness (QED) is 0.695. The molecular weight excluding hydrogens is 302 g/mol. The second-order valence-corrected chi connectivity index (χ2v) is 6.87. The Morgan fingerprint density at radius 1 is 1.21 bits per heavy atom. The molecule has 2 bridgehead atoms. The first kappa shape index (κ1) is 13.8. The molecule has 1 unspecified atom stereocenters. The molecule has 0 aliphatic heterocycles. The molecule has 0 saturated heterocycles. The maximum Gasteiger partial charge on any atom is 0.217 e. The molecule has 24 heavy (non-hydrogen) atoms. The molecule has 6 nitrogen and oxygen atoms in total. The van der Waals surface area contributed by atoms with Gasteiger partial charge in [-0.25, -0.2) is 9.67 Å². The molecule has 1 saturated carbocycles. The Balaban J connectivity index is 1.63. The van der Waals surface area contributed by atoms with Crippen LogP contribution in [0.4, 0.5) is 0 Å². The van der Waals surface area contributed by atoms with Crippen molar-refractivity contribution in [3.63, 3.8) is 0 Å². The van der Waals surface area contributed by atoms with Gasteiger partial charge in [0, 0.05) is 13.0 Å². The molecule has 2 aliphatic rings. The van der Waals surface area contributed by atoms with Gasteiger partial charge in [-0.05, 0) is 43.7 Å². The molecule has 6 heteroatoms. The molecular formula is C18H19N5O. The minimum atomic E-state index is 0.414. The van der Waals surface area contributed by atoms with Gasteiger partial charge in [-0.15, -0.1) is 5.10 Å². The molecule has 0 amide bonds. The molecule has 0 spiro atoms. The van der Waals surface area contributed by atoms with Crippen molar-refractivity contribution in [1.29, 1.82) is 0 Å². The monoisotopic (exact) mass is 321 g/mol. The molecule has 0 N–H and O–H groups in total. The van der Waals surface area contributed by atoms with Crippen molar-refractivity contribution in [3.8, 4) is 17.3 Å². The summed E-state index contributed by atoms with van der Waals surface area (Å²) in [4.78, 5) is 4.87. The van der Waals surface area contributed by atoms with Crippen LogP contribution in [-0.2, 0) is 7.05 Å². The summed E-state index contributed by atoms with van der Waals surface area (Å²) in [6.07, 6.45) is 10.9. The summed E-state index contributed by atoms with van der Waals surface area (Å²) < 4.78 is 9.46. The van der Waals surface area contributed by atoms with Gasteiger partial charge in [0.2, 0.25) is 5.82 Å². The van der Waals surface area contributed by atoms with Crippen LogP contribution in [0.1, 0.15) is 30.3 Å². The lowest BCUT2D eigenvalue weighted by atomic mass is 9.93. The molecule has 2 aliphatic carbocycles. The predicted molar refractivity (Wildman–Crippen MR) is 88.7 cm³/mol. The van der Waals surface area contributed by atoms with Gasteiger partial charge in [-0.3, -0.25) is 4.68 Å². The van der Waals surface area contributed by atoms with Gasteiger partial charge >= 0.3 is 0 Å². The zero-order valence-corrected chi connectivity index (χ0v) is 13.8. The van der Waals surface area contributed by atoms with E-state index in [-0.39, 0.29) is 0 Å². The van der Waals surface area contributed by atoms with Crippen LogP contribution in [-0.4, -0.2) is 24.5 Å². The van der Waals surface area contributed by atoms with Gasteiger partial charge in [0.05, 0.1) is 12.4 Å². The fourth-order valence-electron chi connectivity index (χ4n) is 4.01. The van der Waals surface area contributed by atoms with Crippen LogP contribution >= 0.6 is 0 Å². The highest BCUT2D eigenvalue weighted by atomic mass is 16.3. The molecule has 0 radical (unpaired) electrons. The van der Waals surface area contributed by atoms with Crippen LogP contribution in [0.5, 0.6) is 0 Å². The lowest BCUT2D eigenvalue weighted by molar-refractivity contribution is 0.536. The van der Waals surface area contributed by atoms with Gasteiger partial charge in [-0.1, -0.05) is 12.2 Å². The Labute approximate surface area is 139 Å². The van der Waals surface area contributed by atoms with E-state index >= 15 is 0 Å². The number of hydrogen-bond donors (Lipinski definition) is 0. The highest BCUT2D eigenvalue weighted by molar-refractivity contribution is 5.48. The van der Waals surface area contributed by atoms with E-state index in [1.807, 2.05) is 43.2 Å². The molecule has 1 fully saturated rings. The minimum Gasteiger partial charge on any atom is -0.458 e. The Morgan fingerprint density at radius 3 is 2.75 bits per heavy atom. The van der Waals surface area contributed by atoms with Crippen LogP contribution in [0, 0.1) is 18.8 Å². The summed E-state index contributed by atoms with van der Waals surface area (Å²) in [5, 5.41) is 9.03. The van der Waals surface area contributed by atoms with Gasteiger partial charge in [-0.2, -0.15) is 5.10 Å². The standard InChI is InChI=1S/C18H19N5O/c1-11-3-6-16(24-11)17-20-18(15-8-12-4-5-13(15)7-12)23(21-17)14-9-19-22(2)10-14/h3-6,9-10,12-13,15H,7-8H2,1-2H3/t12-,13+,15?/m1/s1. The smallest absolute Gasteiger partial charge is 0.217 e. The maximum atomic E-state index is 5.73. The average Bonchev–Trinajstić information content (AvgIpc) is 3.35. The Bertz CT molecular complexity index is 931. The maximum absolute atomic E-state index is 5.73. The molecule has 5 rings (SSSR count). The van der Waals surface area contributed by atoms with Gasteiger partial charge in [0.1, 0.15) is 17.3 Å². The van der Waals surface area contributed by atoms with E-state index < -0.39 is 0 Å². The summed E-state index contributed by atoms with van der Waals surface area (Å²) in [6.45, 7) is 1.93. The second kappa shape index (κ2) is 4.93. The van der Waals surface area contributed by atoms with Gasteiger partial charge < -0.3 is 4.42 Å². The lowest BCUT2D eigenvalue weighted by Gasteiger charge is -2.17. The average molecular weight is 321 g/mol. The topological polar surface area (TPSA) is 61.7 Å². The molecule has 3 aromatic rings. The molecule has 122 valence electrons. The normalized spacial score (nSPS) is 25.0. The highest BCUT2D eigenvalue weighted by Gasteiger charge is 2.39. The third-order valence-electron chi connectivity index (χ3n) is 5.14. The predicted octanol–water partition coefficient (Wildman–Crippen LogP) is 3.25. The van der Waals surface area contributed by atoms with Crippen molar-refractivity contribution in [2.45, 2.75) is 25.7 Å². The van der Waals surface area contributed by atoms with Crippen LogP contribution in [0.2, 0.25) is 0 Å². The van der Waals surface area contributed by atoms with E-state index in [2.05, 4.69) is 17.3 Å². The lowest BCUT2D eigenvalue weighted by Crippen LogP contribution is -2.12. The van der Waals surface area contributed by atoms with E-state index in [0.29, 0.717) is 23.6 Å².